The van der Waals surface area contributed by atoms with Crippen LogP contribution in [0.25, 0.3) is 5.69 Å². The van der Waals surface area contributed by atoms with Crippen molar-refractivity contribution in [2.75, 3.05) is 5.32 Å². The molecule has 0 aliphatic heterocycles. The molecule has 156 valence electrons. The van der Waals surface area contributed by atoms with E-state index in [2.05, 4.69) is 20.8 Å². The van der Waals surface area contributed by atoms with Crippen molar-refractivity contribution in [2.24, 2.45) is 0 Å². The molecule has 4 rings (SSSR count). The van der Waals surface area contributed by atoms with Crippen LogP contribution < -0.4 is 5.32 Å². The van der Waals surface area contributed by atoms with Crippen LogP contribution in [0.5, 0.6) is 0 Å². The molecule has 1 amide bonds. The normalized spacial score (nSPS) is 10.3. The number of hydrogen-bond acceptors (Lipinski definition) is 8. The Kier molecular flexibility index (Phi) is 5.87. The number of anilines is 1. The number of nitrogens with one attached hydrogen (secondary N) is 1. The van der Waals surface area contributed by atoms with Gasteiger partial charge >= 0.3 is 0 Å². The Morgan fingerprint density at radius 1 is 1.09 bits per heavy atom. The summed E-state index contributed by atoms with van der Waals surface area (Å²) in [7, 11) is 0. The fraction of sp³-hybridized carbons (Fsp3) is 0. The Morgan fingerprint density at radius 3 is 2.53 bits per heavy atom. The van der Waals surface area contributed by atoms with Crippen molar-refractivity contribution in [3.05, 3.63) is 94.0 Å². The summed E-state index contributed by atoms with van der Waals surface area (Å²) in [5.74, 6) is -0.542. The lowest BCUT2D eigenvalue weighted by molar-refractivity contribution is -0.384. The van der Waals surface area contributed by atoms with Crippen LogP contribution in [0.2, 0.25) is 0 Å². The fourth-order valence-electron chi connectivity index (χ4n) is 2.80. The number of nitrogens with zero attached hydrogens (tertiary/aromatic N) is 6. The van der Waals surface area contributed by atoms with Gasteiger partial charge in [0, 0.05) is 22.7 Å². The highest BCUT2D eigenvalue weighted by atomic mass is 32.2. The van der Waals surface area contributed by atoms with Crippen LogP contribution in [0.4, 0.5) is 11.4 Å². The number of nitro groups is 1. The lowest BCUT2D eigenvalue weighted by atomic mass is 10.1. The van der Waals surface area contributed by atoms with Gasteiger partial charge in [-0.1, -0.05) is 18.2 Å². The molecule has 4 aromatic rings. The van der Waals surface area contributed by atoms with Crippen molar-refractivity contribution in [1.29, 1.82) is 5.26 Å². The van der Waals surface area contributed by atoms with E-state index in [0.717, 1.165) is 17.4 Å². The number of carbonyl (C=O) groups excluding carboxylic acids is 1. The van der Waals surface area contributed by atoms with Gasteiger partial charge in [0.25, 0.3) is 11.6 Å². The summed E-state index contributed by atoms with van der Waals surface area (Å²) in [5, 5.41) is 35.0. The smallest absolute Gasteiger partial charge is 0.270 e. The number of amides is 1. The molecule has 0 aliphatic rings. The third-order valence-corrected chi connectivity index (χ3v) is 5.35. The average molecular weight is 443 g/mol. The molecule has 32 heavy (non-hydrogen) atoms. The third kappa shape index (κ3) is 4.45. The summed E-state index contributed by atoms with van der Waals surface area (Å²) in [5.41, 5.74) is 1.50. The maximum absolute atomic E-state index is 13.0. The zero-order valence-corrected chi connectivity index (χ0v) is 17.1. The summed E-state index contributed by atoms with van der Waals surface area (Å²) in [6, 6.07) is 21.5. The molecule has 0 aliphatic carbocycles. The average Bonchev–Trinajstić information content (AvgIpc) is 3.28. The van der Waals surface area contributed by atoms with Crippen LogP contribution in [0.15, 0.2) is 82.8 Å². The zero-order chi connectivity index (χ0) is 22.5. The largest absolute Gasteiger partial charge is 0.322 e. The third-order valence-electron chi connectivity index (χ3n) is 4.33. The van der Waals surface area contributed by atoms with E-state index in [1.807, 2.05) is 36.4 Å². The molecule has 0 saturated carbocycles. The number of nitriles is 1. The van der Waals surface area contributed by atoms with Crippen molar-refractivity contribution < 1.29 is 9.72 Å². The number of aromatic nitrogens is 4. The Labute approximate surface area is 185 Å². The molecule has 1 N–H and O–H groups in total. The maximum atomic E-state index is 13.0. The topological polar surface area (TPSA) is 140 Å². The quantitative estimate of drug-likeness (QED) is 0.350. The maximum Gasteiger partial charge on any atom is 0.270 e. The molecule has 1 aromatic heterocycles. The number of benzene rings is 3. The van der Waals surface area contributed by atoms with Gasteiger partial charge in [0.1, 0.15) is 0 Å². The lowest BCUT2D eigenvalue weighted by Gasteiger charge is -2.10. The summed E-state index contributed by atoms with van der Waals surface area (Å²) in [4.78, 5) is 24.1. The first kappa shape index (κ1) is 20.7. The van der Waals surface area contributed by atoms with Gasteiger partial charge in [0.2, 0.25) is 5.16 Å². The first-order chi connectivity index (χ1) is 15.5. The van der Waals surface area contributed by atoms with E-state index in [0.29, 0.717) is 21.3 Å². The highest BCUT2D eigenvalue weighted by molar-refractivity contribution is 7.99. The van der Waals surface area contributed by atoms with Crippen LogP contribution in [0, 0.1) is 21.4 Å². The minimum absolute atomic E-state index is 0.0937. The van der Waals surface area contributed by atoms with Gasteiger partial charge in [-0.2, -0.15) is 9.94 Å². The van der Waals surface area contributed by atoms with E-state index in [4.69, 9.17) is 5.26 Å². The van der Waals surface area contributed by atoms with Crippen molar-refractivity contribution in [3.8, 4) is 11.8 Å². The minimum Gasteiger partial charge on any atom is -0.322 e. The van der Waals surface area contributed by atoms with Crippen LogP contribution in [0.3, 0.4) is 0 Å². The van der Waals surface area contributed by atoms with Crippen LogP contribution in [-0.4, -0.2) is 31.0 Å². The van der Waals surface area contributed by atoms with E-state index < -0.39 is 10.8 Å². The van der Waals surface area contributed by atoms with Gasteiger partial charge < -0.3 is 5.32 Å². The van der Waals surface area contributed by atoms with Gasteiger partial charge in [0.15, 0.2) is 0 Å². The van der Waals surface area contributed by atoms with E-state index in [-0.39, 0.29) is 11.3 Å². The minimum atomic E-state index is -0.568. The van der Waals surface area contributed by atoms with E-state index >= 15 is 0 Å². The SMILES string of the molecule is N#Cc1ccc(NC(=O)c2cc([N+](=O)[O-])ccc2Sc2nnnn2-c2ccccc2)cc1. The summed E-state index contributed by atoms with van der Waals surface area (Å²) in [6.07, 6.45) is 0. The first-order valence-electron chi connectivity index (χ1n) is 9.17. The summed E-state index contributed by atoms with van der Waals surface area (Å²) < 4.78 is 1.51. The molecule has 0 atom stereocenters. The summed E-state index contributed by atoms with van der Waals surface area (Å²) >= 11 is 1.11. The second-order valence-electron chi connectivity index (χ2n) is 6.39. The van der Waals surface area contributed by atoms with Gasteiger partial charge in [-0.15, -0.1) is 5.10 Å². The van der Waals surface area contributed by atoms with Crippen molar-refractivity contribution in [1.82, 2.24) is 20.2 Å². The molecule has 0 radical (unpaired) electrons. The number of hydrogen-bond donors (Lipinski definition) is 1. The van der Waals surface area contributed by atoms with E-state index in [1.54, 1.807) is 24.3 Å². The molecule has 11 heteroatoms. The van der Waals surface area contributed by atoms with Gasteiger partial charge in [-0.25, -0.2) is 0 Å². The van der Waals surface area contributed by atoms with Crippen LogP contribution in [0.1, 0.15) is 15.9 Å². The van der Waals surface area contributed by atoms with Crippen molar-refractivity contribution >= 4 is 29.0 Å². The summed E-state index contributed by atoms with van der Waals surface area (Å²) in [6.45, 7) is 0. The number of para-hydroxylation sites is 1. The van der Waals surface area contributed by atoms with Crippen molar-refractivity contribution in [2.45, 2.75) is 10.1 Å². The van der Waals surface area contributed by atoms with Crippen LogP contribution in [-0.2, 0) is 0 Å². The number of carbonyl (C=O) groups is 1. The van der Waals surface area contributed by atoms with Gasteiger partial charge in [-0.05, 0) is 64.7 Å². The monoisotopic (exact) mass is 443 g/mol. The number of nitro benzene ring substituents is 1. The molecule has 0 bridgehead atoms. The molecule has 1 heterocycles. The predicted octanol–water partition coefficient (Wildman–Crippen LogP) is 3.85. The van der Waals surface area contributed by atoms with Crippen LogP contribution >= 0.6 is 11.8 Å². The Morgan fingerprint density at radius 2 is 1.84 bits per heavy atom. The number of rotatable bonds is 6. The Hall–Kier alpha value is -4.56. The first-order valence-corrected chi connectivity index (χ1v) is 9.98. The standard InChI is InChI=1S/C21H13N7O3S/c22-13-14-6-8-15(9-7-14)23-20(29)18-12-17(28(30)31)10-11-19(18)32-21-24-25-26-27(21)16-4-2-1-3-5-16/h1-12H,(H,23,29). The molecule has 10 nitrogen and oxygen atoms in total. The molecule has 0 spiro atoms. The molecular formula is C21H13N7O3S. The second-order valence-corrected chi connectivity index (χ2v) is 7.40. The molecule has 0 fully saturated rings. The molecular weight excluding hydrogens is 430 g/mol. The Bertz CT molecular complexity index is 1330. The van der Waals surface area contributed by atoms with E-state index in [9.17, 15) is 14.9 Å². The lowest BCUT2D eigenvalue weighted by Crippen LogP contribution is -2.13. The van der Waals surface area contributed by atoms with E-state index in [1.165, 1.54) is 22.9 Å². The molecule has 0 unspecified atom stereocenters. The van der Waals surface area contributed by atoms with Gasteiger partial charge in [0.05, 0.1) is 27.8 Å². The molecule has 3 aromatic carbocycles. The molecule has 0 saturated heterocycles. The number of tetrazole rings is 1. The highest BCUT2D eigenvalue weighted by Crippen LogP contribution is 2.32. The Balaban J connectivity index is 1.67. The zero-order valence-electron chi connectivity index (χ0n) is 16.2. The highest BCUT2D eigenvalue weighted by Gasteiger charge is 2.20. The second kappa shape index (κ2) is 9.07. The fourth-order valence-corrected chi connectivity index (χ4v) is 3.70. The van der Waals surface area contributed by atoms with Gasteiger partial charge in [-0.3, -0.25) is 14.9 Å². The number of non-ortho nitro benzene ring substituents is 1. The van der Waals surface area contributed by atoms with Crippen molar-refractivity contribution in [3.63, 3.8) is 0 Å². The predicted molar refractivity (Wildman–Crippen MR) is 115 cm³/mol.